The highest BCUT2D eigenvalue weighted by Crippen LogP contribution is 2.31. The van der Waals surface area contributed by atoms with Crippen molar-refractivity contribution < 1.29 is 4.74 Å². The molecule has 0 aliphatic rings. The summed E-state index contributed by atoms with van der Waals surface area (Å²) < 4.78 is 7.59. The van der Waals surface area contributed by atoms with Crippen LogP contribution in [0.15, 0.2) is 48.8 Å². The summed E-state index contributed by atoms with van der Waals surface area (Å²) in [6, 6.07) is 11.1. The molecule has 0 unspecified atom stereocenters. The van der Waals surface area contributed by atoms with Gasteiger partial charge in [0.25, 0.3) is 0 Å². The molecule has 0 saturated heterocycles. The number of aromatic nitrogens is 2. The van der Waals surface area contributed by atoms with E-state index in [0.717, 1.165) is 11.3 Å². The predicted molar refractivity (Wildman–Crippen MR) is 75.4 cm³/mol. The third kappa shape index (κ3) is 2.35. The smallest absolute Gasteiger partial charge is 0.161 e. The molecule has 4 nitrogen and oxygen atoms in total. The molecular weight excluding hydrogens is 262 g/mol. The molecule has 0 aliphatic carbocycles. The van der Waals surface area contributed by atoms with Gasteiger partial charge in [0.15, 0.2) is 5.75 Å². The van der Waals surface area contributed by atoms with E-state index in [1.165, 1.54) is 0 Å². The lowest BCUT2D eigenvalue weighted by Crippen LogP contribution is -1.99. The average molecular weight is 274 g/mol. The number of para-hydroxylation sites is 1. The van der Waals surface area contributed by atoms with Gasteiger partial charge in [-0.15, -0.1) is 0 Å². The van der Waals surface area contributed by atoms with Crippen molar-refractivity contribution in [3.8, 4) is 5.75 Å². The Bertz CT molecular complexity index is 670. The third-order valence-corrected chi connectivity index (χ3v) is 3.07. The van der Waals surface area contributed by atoms with Crippen molar-refractivity contribution in [3.63, 3.8) is 0 Å². The second-order valence-electron chi connectivity index (χ2n) is 4.15. The van der Waals surface area contributed by atoms with Gasteiger partial charge in [-0.2, -0.15) is 0 Å². The quantitative estimate of drug-likeness (QED) is 0.746. The number of fused-ring (bicyclic) bond motifs is 1. The number of nitrogens with two attached hydrogens (primary N) is 1. The molecule has 0 spiro atoms. The Labute approximate surface area is 115 Å². The Morgan fingerprint density at radius 2 is 2.11 bits per heavy atom. The maximum Gasteiger partial charge on any atom is 0.161 e. The lowest BCUT2D eigenvalue weighted by atomic mass is 10.3. The Hall–Kier alpha value is -2.20. The van der Waals surface area contributed by atoms with Crippen LogP contribution in [-0.4, -0.2) is 9.38 Å². The molecule has 3 rings (SSSR count). The summed E-state index contributed by atoms with van der Waals surface area (Å²) in [6.07, 6.45) is 3.86. The average Bonchev–Trinajstić information content (AvgIpc) is 2.81. The highest BCUT2D eigenvalue weighted by molar-refractivity contribution is 6.32. The molecule has 0 bridgehead atoms. The maximum atomic E-state index is 6.04. The number of benzene rings is 1. The highest BCUT2D eigenvalue weighted by atomic mass is 35.5. The summed E-state index contributed by atoms with van der Waals surface area (Å²) >= 11 is 6.04. The van der Waals surface area contributed by atoms with E-state index in [9.17, 15) is 0 Å². The Morgan fingerprint density at radius 3 is 2.89 bits per heavy atom. The summed E-state index contributed by atoms with van der Waals surface area (Å²) in [5, 5.41) is 0.503. The number of pyridine rings is 1. The summed E-state index contributed by atoms with van der Waals surface area (Å²) in [6.45, 7) is 0.329. The van der Waals surface area contributed by atoms with E-state index >= 15 is 0 Å². The van der Waals surface area contributed by atoms with Gasteiger partial charge in [0.1, 0.15) is 12.3 Å². The highest BCUT2D eigenvalue weighted by Gasteiger charge is 2.07. The van der Waals surface area contributed by atoms with Crippen LogP contribution < -0.4 is 10.5 Å². The van der Waals surface area contributed by atoms with Gasteiger partial charge in [-0.1, -0.05) is 23.7 Å². The molecule has 0 radical (unpaired) electrons. The van der Waals surface area contributed by atoms with Crippen LogP contribution in [0.4, 0.5) is 5.69 Å². The topological polar surface area (TPSA) is 52.5 Å². The van der Waals surface area contributed by atoms with Gasteiger partial charge in [0.2, 0.25) is 0 Å². The molecule has 0 atom stereocenters. The van der Waals surface area contributed by atoms with Crippen LogP contribution in [0.1, 0.15) is 5.69 Å². The molecular formula is C14H12ClN3O. The molecule has 2 N–H and O–H groups in total. The minimum Gasteiger partial charge on any atom is -0.483 e. The summed E-state index contributed by atoms with van der Waals surface area (Å²) in [5.74, 6) is 0.501. The van der Waals surface area contributed by atoms with E-state index in [-0.39, 0.29) is 0 Å². The fourth-order valence-electron chi connectivity index (χ4n) is 1.88. The number of imidazole rings is 1. The molecule has 0 saturated carbocycles. The number of hydrogen-bond acceptors (Lipinski definition) is 3. The largest absolute Gasteiger partial charge is 0.483 e. The Kier molecular flexibility index (Phi) is 3.01. The van der Waals surface area contributed by atoms with E-state index in [1.807, 2.05) is 35.0 Å². The van der Waals surface area contributed by atoms with Crippen molar-refractivity contribution in [3.05, 3.63) is 59.5 Å². The van der Waals surface area contributed by atoms with Crippen molar-refractivity contribution >= 4 is 22.9 Å². The normalized spacial score (nSPS) is 10.8. The zero-order chi connectivity index (χ0) is 13.2. The molecule has 0 fully saturated rings. The van der Waals surface area contributed by atoms with E-state index in [1.54, 1.807) is 18.2 Å². The first-order valence-electron chi connectivity index (χ1n) is 5.83. The van der Waals surface area contributed by atoms with Gasteiger partial charge in [-0.25, -0.2) is 4.98 Å². The van der Waals surface area contributed by atoms with Crippen LogP contribution in [0.3, 0.4) is 0 Å². The van der Waals surface area contributed by atoms with Crippen LogP contribution in [0.2, 0.25) is 5.02 Å². The lowest BCUT2D eigenvalue weighted by Gasteiger charge is -2.08. The summed E-state index contributed by atoms with van der Waals surface area (Å²) in [7, 11) is 0. The molecule has 3 aromatic rings. The molecule has 5 heteroatoms. The van der Waals surface area contributed by atoms with E-state index < -0.39 is 0 Å². The molecule has 96 valence electrons. The predicted octanol–water partition coefficient (Wildman–Crippen LogP) is 3.15. The molecule has 0 aliphatic heterocycles. The standard InChI is InChI=1S/C14H12ClN3O/c15-11-4-3-5-12(16)14(11)19-9-10-8-18-7-2-1-6-13(18)17-10/h1-8H,9,16H2. The first kappa shape index (κ1) is 11.9. The number of ether oxygens (including phenoxy) is 1. The molecule has 2 aromatic heterocycles. The lowest BCUT2D eigenvalue weighted by molar-refractivity contribution is 0.304. The molecule has 0 amide bonds. The van der Waals surface area contributed by atoms with Gasteiger partial charge in [-0.05, 0) is 24.3 Å². The summed E-state index contributed by atoms with van der Waals surface area (Å²) in [4.78, 5) is 4.44. The number of halogens is 1. The second kappa shape index (κ2) is 4.82. The van der Waals surface area contributed by atoms with Crippen LogP contribution >= 0.6 is 11.6 Å². The Morgan fingerprint density at radius 1 is 1.21 bits per heavy atom. The summed E-state index contributed by atoms with van der Waals surface area (Å²) in [5.41, 5.74) is 8.06. The minimum absolute atomic E-state index is 0.329. The number of anilines is 1. The first-order chi connectivity index (χ1) is 9.24. The van der Waals surface area contributed by atoms with Crippen LogP contribution in [0.5, 0.6) is 5.75 Å². The molecule has 1 aromatic carbocycles. The zero-order valence-corrected chi connectivity index (χ0v) is 10.8. The van der Waals surface area contributed by atoms with E-state index in [0.29, 0.717) is 23.1 Å². The second-order valence-corrected chi connectivity index (χ2v) is 4.55. The third-order valence-electron chi connectivity index (χ3n) is 2.78. The number of nitrogen functional groups attached to an aromatic ring is 1. The molecule has 2 heterocycles. The van der Waals surface area contributed by atoms with Gasteiger partial charge < -0.3 is 14.9 Å². The van der Waals surface area contributed by atoms with Crippen molar-refractivity contribution in [2.75, 3.05) is 5.73 Å². The number of nitrogens with zero attached hydrogens (tertiary/aromatic N) is 2. The fourth-order valence-corrected chi connectivity index (χ4v) is 2.12. The monoisotopic (exact) mass is 273 g/mol. The first-order valence-corrected chi connectivity index (χ1v) is 6.21. The van der Waals surface area contributed by atoms with Crippen molar-refractivity contribution in [1.82, 2.24) is 9.38 Å². The van der Waals surface area contributed by atoms with Gasteiger partial charge in [-0.3, -0.25) is 0 Å². The van der Waals surface area contributed by atoms with Crippen LogP contribution in [0, 0.1) is 0 Å². The van der Waals surface area contributed by atoms with E-state index in [2.05, 4.69) is 4.98 Å². The van der Waals surface area contributed by atoms with Gasteiger partial charge >= 0.3 is 0 Å². The van der Waals surface area contributed by atoms with Gasteiger partial charge in [0, 0.05) is 12.4 Å². The van der Waals surface area contributed by atoms with Crippen molar-refractivity contribution in [1.29, 1.82) is 0 Å². The van der Waals surface area contributed by atoms with Gasteiger partial charge in [0.05, 0.1) is 16.4 Å². The molecule has 19 heavy (non-hydrogen) atoms. The van der Waals surface area contributed by atoms with Crippen molar-refractivity contribution in [2.24, 2.45) is 0 Å². The van der Waals surface area contributed by atoms with Crippen molar-refractivity contribution in [2.45, 2.75) is 6.61 Å². The number of hydrogen-bond donors (Lipinski definition) is 1. The van der Waals surface area contributed by atoms with Crippen LogP contribution in [0.25, 0.3) is 5.65 Å². The van der Waals surface area contributed by atoms with E-state index in [4.69, 9.17) is 22.1 Å². The SMILES string of the molecule is Nc1cccc(Cl)c1OCc1cn2ccccc2n1. The maximum absolute atomic E-state index is 6.04. The minimum atomic E-state index is 0.329. The number of rotatable bonds is 3. The Balaban J connectivity index is 1.82. The van der Waals surface area contributed by atoms with Crippen LogP contribution in [-0.2, 0) is 6.61 Å². The zero-order valence-electron chi connectivity index (χ0n) is 10.1. The fraction of sp³-hybridized carbons (Fsp3) is 0.0714.